The van der Waals surface area contributed by atoms with Crippen LogP contribution in [0.25, 0.3) is 21.8 Å². The minimum absolute atomic E-state index is 0.0817. The Bertz CT molecular complexity index is 1060. The largest absolute Gasteiger partial charge is 0.341 e. The summed E-state index contributed by atoms with van der Waals surface area (Å²) >= 11 is 0. The number of nitrogens with one attached hydrogen (secondary N) is 2. The molecule has 1 saturated heterocycles. The van der Waals surface area contributed by atoms with Crippen molar-refractivity contribution in [2.24, 2.45) is 11.8 Å². The molecule has 2 fully saturated rings. The quantitative estimate of drug-likeness (QED) is 0.675. The van der Waals surface area contributed by atoms with Crippen molar-refractivity contribution in [3.05, 3.63) is 42.5 Å². The zero-order valence-electron chi connectivity index (χ0n) is 17.5. The number of likely N-dealkylation sites (tertiary alicyclic amines) is 1. The van der Waals surface area contributed by atoms with Gasteiger partial charge in [-0.15, -0.1) is 0 Å². The molecule has 5 nitrogen and oxygen atoms in total. The molecule has 1 saturated carbocycles. The molecule has 2 atom stereocenters. The second-order valence-electron chi connectivity index (χ2n) is 8.91. The Morgan fingerprint density at radius 2 is 1.79 bits per heavy atom. The molecule has 0 radical (unpaired) electrons. The molecule has 0 bridgehead atoms. The van der Waals surface area contributed by atoms with Crippen LogP contribution >= 0.6 is 0 Å². The van der Waals surface area contributed by atoms with Gasteiger partial charge in [0.2, 0.25) is 5.91 Å². The summed E-state index contributed by atoms with van der Waals surface area (Å²) < 4.78 is 2.33. The molecule has 2 N–H and O–H groups in total. The molecule has 1 amide bonds. The van der Waals surface area contributed by atoms with Gasteiger partial charge in [0.25, 0.3) is 0 Å². The van der Waals surface area contributed by atoms with Crippen molar-refractivity contribution in [3.8, 4) is 0 Å². The van der Waals surface area contributed by atoms with Gasteiger partial charge in [-0.1, -0.05) is 32.0 Å². The van der Waals surface area contributed by atoms with Crippen molar-refractivity contribution in [2.45, 2.75) is 39.4 Å². The number of hydrogen-bond donors (Lipinski definition) is 2. The Hall–Kier alpha value is -2.37. The number of benzene rings is 2. The molecule has 1 aromatic heterocycles. The van der Waals surface area contributed by atoms with Gasteiger partial charge in [-0.2, -0.15) is 0 Å². The van der Waals surface area contributed by atoms with Crippen LogP contribution in [0.2, 0.25) is 0 Å². The summed E-state index contributed by atoms with van der Waals surface area (Å²) in [5.74, 6) is 1.53. The fourth-order valence-corrected chi connectivity index (χ4v) is 5.25. The van der Waals surface area contributed by atoms with E-state index in [4.69, 9.17) is 0 Å². The van der Waals surface area contributed by atoms with E-state index in [1.807, 2.05) is 6.07 Å². The standard InChI is InChI=1S/C24H30N4O/c1-4-28-21-8-6-5-7-17(21)18-11-16(9-10-22(18)28)26-23(29)14-27-12-19-20(13-27)24(19)25-15(2)3/h5-11,15,19-20,24-25H,4,12-14H2,1-3H3,(H,26,29). The number of hydrogen-bond acceptors (Lipinski definition) is 3. The molecule has 2 unspecified atom stereocenters. The molecule has 152 valence electrons. The number of aryl methyl sites for hydroxylation is 1. The van der Waals surface area contributed by atoms with Gasteiger partial charge >= 0.3 is 0 Å². The van der Waals surface area contributed by atoms with Crippen molar-refractivity contribution >= 4 is 33.4 Å². The van der Waals surface area contributed by atoms with Gasteiger partial charge in [-0.05, 0) is 43.0 Å². The molecule has 1 aliphatic carbocycles. The van der Waals surface area contributed by atoms with Crippen LogP contribution in [0.5, 0.6) is 0 Å². The van der Waals surface area contributed by atoms with Crippen molar-refractivity contribution in [1.82, 2.24) is 14.8 Å². The number of nitrogens with zero attached hydrogens (tertiary/aromatic N) is 2. The van der Waals surface area contributed by atoms with Gasteiger partial charge in [0.05, 0.1) is 6.54 Å². The lowest BCUT2D eigenvalue weighted by Crippen LogP contribution is -2.38. The highest BCUT2D eigenvalue weighted by atomic mass is 16.2. The van der Waals surface area contributed by atoms with Gasteiger partial charge < -0.3 is 15.2 Å². The first-order valence-electron chi connectivity index (χ1n) is 10.8. The van der Waals surface area contributed by atoms with Gasteiger partial charge in [-0.3, -0.25) is 9.69 Å². The number of para-hydroxylation sites is 1. The van der Waals surface area contributed by atoms with Crippen LogP contribution in [0.1, 0.15) is 20.8 Å². The van der Waals surface area contributed by atoms with Crippen molar-refractivity contribution < 1.29 is 4.79 Å². The SMILES string of the molecule is CCn1c2ccccc2c2cc(NC(=O)CN3CC4C(C3)C4NC(C)C)ccc21. The molecule has 0 spiro atoms. The van der Waals surface area contributed by atoms with Crippen LogP contribution in [0, 0.1) is 11.8 Å². The Balaban J connectivity index is 1.27. The number of amides is 1. The third-order valence-corrected chi connectivity index (χ3v) is 6.53. The second kappa shape index (κ2) is 7.15. The predicted molar refractivity (Wildman–Crippen MR) is 119 cm³/mol. The maximum Gasteiger partial charge on any atom is 0.238 e. The fraction of sp³-hybridized carbons (Fsp3) is 0.458. The summed E-state index contributed by atoms with van der Waals surface area (Å²) in [4.78, 5) is 14.9. The van der Waals surface area contributed by atoms with E-state index in [-0.39, 0.29) is 5.91 Å². The van der Waals surface area contributed by atoms with E-state index in [2.05, 4.69) is 77.3 Å². The fourth-order valence-electron chi connectivity index (χ4n) is 5.25. The summed E-state index contributed by atoms with van der Waals surface area (Å²) in [7, 11) is 0. The van der Waals surface area contributed by atoms with Gasteiger partial charge in [-0.25, -0.2) is 0 Å². The number of rotatable bonds is 6. The van der Waals surface area contributed by atoms with Crippen molar-refractivity contribution in [2.75, 3.05) is 25.0 Å². The second-order valence-corrected chi connectivity index (χ2v) is 8.91. The molecule has 1 aliphatic heterocycles. The predicted octanol–water partition coefficient (Wildman–Crippen LogP) is 3.68. The average Bonchev–Trinajstić information content (AvgIpc) is 3.04. The molecule has 5 heteroatoms. The van der Waals surface area contributed by atoms with E-state index in [1.165, 1.54) is 21.8 Å². The molecular weight excluding hydrogens is 360 g/mol. The minimum atomic E-state index is 0.0817. The van der Waals surface area contributed by atoms with Gasteiger partial charge in [0.1, 0.15) is 0 Å². The zero-order chi connectivity index (χ0) is 20.1. The molecule has 2 aliphatic rings. The lowest BCUT2D eigenvalue weighted by Gasteiger charge is -2.20. The van der Waals surface area contributed by atoms with Crippen LogP contribution in [0.3, 0.4) is 0 Å². The maximum absolute atomic E-state index is 12.6. The Morgan fingerprint density at radius 1 is 1.07 bits per heavy atom. The number of piperidine rings is 1. The molecule has 2 heterocycles. The first-order chi connectivity index (χ1) is 14.0. The maximum atomic E-state index is 12.6. The van der Waals surface area contributed by atoms with E-state index in [0.717, 1.165) is 37.2 Å². The molecular formula is C24H30N4O. The summed E-state index contributed by atoms with van der Waals surface area (Å²) in [6.45, 7) is 10.1. The molecule has 3 aromatic rings. The molecule has 29 heavy (non-hydrogen) atoms. The van der Waals surface area contributed by atoms with E-state index in [9.17, 15) is 4.79 Å². The van der Waals surface area contributed by atoms with E-state index in [1.54, 1.807) is 0 Å². The first-order valence-corrected chi connectivity index (χ1v) is 10.8. The number of aromatic nitrogens is 1. The number of carbonyl (C=O) groups is 1. The van der Waals surface area contributed by atoms with Crippen LogP contribution in [-0.2, 0) is 11.3 Å². The van der Waals surface area contributed by atoms with Gasteiger partial charge in [0, 0.05) is 59.2 Å². The lowest BCUT2D eigenvalue weighted by molar-refractivity contribution is -0.117. The van der Waals surface area contributed by atoms with Crippen LogP contribution < -0.4 is 10.6 Å². The number of anilines is 1. The summed E-state index contributed by atoms with van der Waals surface area (Å²) in [5.41, 5.74) is 3.34. The Morgan fingerprint density at radius 3 is 2.52 bits per heavy atom. The summed E-state index contributed by atoms with van der Waals surface area (Å²) in [6.07, 6.45) is 0. The van der Waals surface area contributed by atoms with Crippen LogP contribution in [0.15, 0.2) is 42.5 Å². The zero-order valence-corrected chi connectivity index (χ0v) is 17.5. The normalized spacial score (nSPS) is 23.8. The monoisotopic (exact) mass is 390 g/mol. The molecule has 5 rings (SSSR count). The topological polar surface area (TPSA) is 49.3 Å². The highest BCUT2D eigenvalue weighted by Gasteiger charge is 2.55. The lowest BCUT2D eigenvalue weighted by atomic mass is 10.1. The summed E-state index contributed by atoms with van der Waals surface area (Å²) in [6, 6.07) is 15.9. The minimum Gasteiger partial charge on any atom is -0.341 e. The third-order valence-electron chi connectivity index (χ3n) is 6.53. The summed E-state index contributed by atoms with van der Waals surface area (Å²) in [5, 5.41) is 9.20. The Kier molecular flexibility index (Phi) is 4.60. The number of carbonyl (C=O) groups excluding carboxylic acids is 1. The van der Waals surface area contributed by atoms with Gasteiger partial charge in [0.15, 0.2) is 0 Å². The number of fused-ring (bicyclic) bond motifs is 4. The highest BCUT2D eigenvalue weighted by Crippen LogP contribution is 2.45. The van der Waals surface area contributed by atoms with E-state index >= 15 is 0 Å². The van der Waals surface area contributed by atoms with E-state index in [0.29, 0.717) is 18.6 Å². The van der Waals surface area contributed by atoms with Crippen LogP contribution in [-0.4, -0.2) is 47.1 Å². The van der Waals surface area contributed by atoms with Crippen LogP contribution in [0.4, 0.5) is 5.69 Å². The smallest absolute Gasteiger partial charge is 0.238 e. The molecule has 2 aromatic carbocycles. The van der Waals surface area contributed by atoms with E-state index < -0.39 is 0 Å². The highest BCUT2D eigenvalue weighted by molar-refractivity contribution is 6.09. The first kappa shape index (κ1) is 18.6. The third kappa shape index (κ3) is 3.32. The Labute approximate surface area is 172 Å². The van der Waals surface area contributed by atoms with Crippen molar-refractivity contribution in [3.63, 3.8) is 0 Å². The average molecular weight is 391 g/mol. The van der Waals surface area contributed by atoms with Crippen molar-refractivity contribution in [1.29, 1.82) is 0 Å².